The Kier molecular flexibility index (Phi) is 8.34. The lowest BCUT2D eigenvalue weighted by molar-refractivity contribution is -0.126. The third-order valence-corrected chi connectivity index (χ3v) is 4.89. The molecule has 3 aromatic rings. The number of nitrogens with zero attached hydrogens (tertiary/aromatic N) is 3. The Balaban J connectivity index is 1.83. The first-order valence-electron chi connectivity index (χ1n) is 10.9. The first-order valence-corrected chi connectivity index (χ1v) is 10.9. The van der Waals surface area contributed by atoms with Gasteiger partial charge in [0.15, 0.2) is 11.5 Å². The molecule has 0 radical (unpaired) electrons. The van der Waals surface area contributed by atoms with E-state index in [9.17, 15) is 14.4 Å². The second-order valence-corrected chi connectivity index (χ2v) is 8.41. The number of amides is 3. The van der Waals surface area contributed by atoms with Gasteiger partial charge in [0.2, 0.25) is 11.8 Å². The zero-order valence-corrected chi connectivity index (χ0v) is 19.6. The number of fused-ring (bicyclic) bond motifs is 1. The Morgan fingerprint density at radius 3 is 2.49 bits per heavy atom. The Morgan fingerprint density at radius 1 is 1.06 bits per heavy atom. The molecule has 12 nitrogen and oxygen atoms in total. The molecule has 186 valence electrons. The van der Waals surface area contributed by atoms with Crippen LogP contribution in [0.25, 0.3) is 5.65 Å². The van der Waals surface area contributed by atoms with Crippen LogP contribution in [-0.2, 0) is 32.3 Å². The SMILES string of the molecule is CC(C)(N)C(=O)N[C@H](COCc1ccccc1)c1nnc2cccc(COC(=O)NCC(N)=O)n12. The molecule has 2 heterocycles. The summed E-state index contributed by atoms with van der Waals surface area (Å²) in [7, 11) is 0. The quantitative estimate of drug-likeness (QED) is 0.306. The number of hydrogen-bond acceptors (Lipinski definition) is 8. The minimum absolute atomic E-state index is 0.0891. The highest BCUT2D eigenvalue weighted by atomic mass is 16.5. The van der Waals surface area contributed by atoms with Crippen LogP contribution < -0.4 is 22.1 Å². The molecular weight excluding hydrogens is 454 g/mol. The van der Waals surface area contributed by atoms with Gasteiger partial charge in [-0.1, -0.05) is 36.4 Å². The van der Waals surface area contributed by atoms with Gasteiger partial charge in [-0.05, 0) is 31.5 Å². The fourth-order valence-electron chi connectivity index (χ4n) is 3.11. The van der Waals surface area contributed by atoms with Crippen LogP contribution in [0, 0.1) is 0 Å². The standard InChI is InChI=1S/C23H29N7O5/c1-23(2,25)21(32)27-17(14-34-12-15-7-4-3-5-8-15)20-29-28-19-10-6-9-16(30(19)20)13-35-22(33)26-11-18(24)31/h3-10,17H,11-14,25H2,1-2H3,(H2,24,31)(H,26,33)(H,27,32)/t17-/m1/s1. The molecular formula is C23H29N7O5. The van der Waals surface area contributed by atoms with E-state index < -0.39 is 29.5 Å². The first kappa shape index (κ1) is 25.6. The fourth-order valence-corrected chi connectivity index (χ4v) is 3.11. The zero-order valence-electron chi connectivity index (χ0n) is 19.6. The van der Waals surface area contributed by atoms with Gasteiger partial charge in [-0.3, -0.25) is 14.0 Å². The highest BCUT2D eigenvalue weighted by Crippen LogP contribution is 2.18. The lowest BCUT2D eigenvalue weighted by atomic mass is 10.1. The molecule has 1 aromatic carbocycles. The molecule has 12 heteroatoms. The van der Waals surface area contributed by atoms with Crippen molar-refractivity contribution < 1.29 is 23.9 Å². The molecule has 0 unspecified atom stereocenters. The van der Waals surface area contributed by atoms with E-state index in [1.165, 1.54) is 0 Å². The highest BCUT2D eigenvalue weighted by Gasteiger charge is 2.28. The molecule has 6 N–H and O–H groups in total. The van der Waals surface area contributed by atoms with Gasteiger partial charge in [-0.2, -0.15) is 0 Å². The number of carbonyl (C=O) groups is 3. The van der Waals surface area contributed by atoms with E-state index in [1.807, 2.05) is 30.3 Å². The third-order valence-electron chi connectivity index (χ3n) is 4.89. The van der Waals surface area contributed by atoms with Gasteiger partial charge in [0, 0.05) is 0 Å². The maximum absolute atomic E-state index is 12.7. The number of alkyl carbamates (subject to hydrolysis) is 1. The number of ether oxygens (including phenoxy) is 2. The summed E-state index contributed by atoms with van der Waals surface area (Å²) in [5.41, 5.74) is 11.9. The van der Waals surface area contributed by atoms with Crippen LogP contribution in [0.2, 0.25) is 0 Å². The van der Waals surface area contributed by atoms with E-state index in [2.05, 4.69) is 20.8 Å². The molecule has 0 spiro atoms. The number of nitrogens with two attached hydrogens (primary N) is 2. The highest BCUT2D eigenvalue weighted by molar-refractivity contribution is 5.85. The number of carbonyl (C=O) groups excluding carboxylic acids is 3. The molecule has 3 rings (SSSR count). The van der Waals surface area contributed by atoms with Gasteiger partial charge in [-0.25, -0.2) is 4.79 Å². The Bertz CT molecular complexity index is 1170. The number of benzene rings is 1. The van der Waals surface area contributed by atoms with Crippen LogP contribution in [0.15, 0.2) is 48.5 Å². The van der Waals surface area contributed by atoms with E-state index in [-0.39, 0.29) is 19.8 Å². The van der Waals surface area contributed by atoms with Crippen LogP contribution in [0.3, 0.4) is 0 Å². The van der Waals surface area contributed by atoms with Crippen molar-refractivity contribution in [2.24, 2.45) is 11.5 Å². The maximum Gasteiger partial charge on any atom is 0.407 e. The normalized spacial score (nSPS) is 12.2. The van der Waals surface area contributed by atoms with Crippen molar-refractivity contribution >= 4 is 23.6 Å². The number of primary amides is 1. The second kappa shape index (κ2) is 11.4. The van der Waals surface area contributed by atoms with Crippen LogP contribution in [-0.4, -0.2) is 51.2 Å². The van der Waals surface area contributed by atoms with E-state index in [1.54, 1.807) is 36.4 Å². The molecule has 2 aromatic heterocycles. The number of nitrogens with one attached hydrogen (secondary N) is 2. The molecule has 3 amide bonds. The van der Waals surface area contributed by atoms with Gasteiger partial charge < -0.3 is 31.6 Å². The largest absolute Gasteiger partial charge is 0.443 e. The summed E-state index contributed by atoms with van der Waals surface area (Å²) >= 11 is 0. The van der Waals surface area contributed by atoms with E-state index >= 15 is 0 Å². The summed E-state index contributed by atoms with van der Waals surface area (Å²) in [6.45, 7) is 3.10. The van der Waals surface area contributed by atoms with Crippen molar-refractivity contribution in [1.82, 2.24) is 25.2 Å². The van der Waals surface area contributed by atoms with Crippen LogP contribution >= 0.6 is 0 Å². The Morgan fingerprint density at radius 2 is 1.80 bits per heavy atom. The van der Waals surface area contributed by atoms with Crippen LogP contribution in [0.4, 0.5) is 4.79 Å². The summed E-state index contributed by atoms with van der Waals surface area (Å²) in [5, 5.41) is 13.6. The van der Waals surface area contributed by atoms with Gasteiger partial charge in [0.25, 0.3) is 0 Å². The Hall–Kier alpha value is -4.03. The van der Waals surface area contributed by atoms with Gasteiger partial charge in [0.05, 0.1) is 31.0 Å². The monoisotopic (exact) mass is 483 g/mol. The average molecular weight is 484 g/mol. The maximum atomic E-state index is 12.7. The number of rotatable bonds is 11. The second-order valence-electron chi connectivity index (χ2n) is 8.41. The minimum atomic E-state index is -1.14. The third kappa shape index (κ3) is 7.22. The predicted octanol–water partition coefficient (Wildman–Crippen LogP) is 0.552. The van der Waals surface area contributed by atoms with Gasteiger partial charge in [0.1, 0.15) is 12.6 Å². The molecule has 0 saturated heterocycles. The number of aromatic nitrogens is 3. The summed E-state index contributed by atoms with van der Waals surface area (Å²) in [5.74, 6) is -0.716. The first-order chi connectivity index (χ1) is 16.6. The van der Waals surface area contributed by atoms with Gasteiger partial charge in [-0.15, -0.1) is 10.2 Å². The van der Waals surface area contributed by atoms with Gasteiger partial charge >= 0.3 is 6.09 Å². The molecule has 0 aliphatic carbocycles. The molecule has 0 aliphatic rings. The lowest BCUT2D eigenvalue weighted by Gasteiger charge is -2.24. The van der Waals surface area contributed by atoms with Crippen molar-refractivity contribution in [1.29, 1.82) is 0 Å². The average Bonchev–Trinajstić information content (AvgIpc) is 3.25. The Labute approximate surface area is 202 Å². The molecule has 1 atom stereocenters. The van der Waals surface area contributed by atoms with Crippen molar-refractivity contribution in [3.8, 4) is 0 Å². The molecule has 0 aliphatic heterocycles. The van der Waals surface area contributed by atoms with E-state index in [4.69, 9.17) is 20.9 Å². The molecule has 0 saturated carbocycles. The lowest BCUT2D eigenvalue weighted by Crippen LogP contribution is -2.51. The predicted molar refractivity (Wildman–Crippen MR) is 126 cm³/mol. The van der Waals surface area contributed by atoms with Crippen molar-refractivity contribution in [2.75, 3.05) is 13.2 Å². The number of hydrogen-bond donors (Lipinski definition) is 4. The summed E-state index contributed by atoms with van der Waals surface area (Å²) in [6.07, 6.45) is -0.809. The van der Waals surface area contributed by atoms with Crippen LogP contribution in [0.1, 0.15) is 37.0 Å². The topological polar surface area (TPSA) is 176 Å². The summed E-state index contributed by atoms with van der Waals surface area (Å²) in [4.78, 5) is 35.4. The molecule has 35 heavy (non-hydrogen) atoms. The molecule has 0 bridgehead atoms. The van der Waals surface area contributed by atoms with E-state index in [0.717, 1.165) is 5.56 Å². The molecule has 0 fully saturated rings. The van der Waals surface area contributed by atoms with Crippen molar-refractivity contribution in [3.63, 3.8) is 0 Å². The fraction of sp³-hybridized carbons (Fsp3) is 0.348. The summed E-state index contributed by atoms with van der Waals surface area (Å²) in [6, 6.07) is 14.1. The minimum Gasteiger partial charge on any atom is -0.443 e. The number of pyridine rings is 1. The summed E-state index contributed by atoms with van der Waals surface area (Å²) < 4.78 is 12.7. The smallest absolute Gasteiger partial charge is 0.407 e. The van der Waals surface area contributed by atoms with Crippen molar-refractivity contribution in [3.05, 3.63) is 65.6 Å². The van der Waals surface area contributed by atoms with Crippen LogP contribution in [0.5, 0.6) is 0 Å². The van der Waals surface area contributed by atoms with E-state index in [0.29, 0.717) is 23.8 Å². The van der Waals surface area contributed by atoms with Crippen molar-refractivity contribution in [2.45, 2.75) is 38.6 Å². The zero-order chi connectivity index (χ0) is 25.4.